The zero-order valence-corrected chi connectivity index (χ0v) is 15.1. The number of carbonyl (C=O) groups excluding carboxylic acids is 1. The van der Waals surface area contributed by atoms with Crippen LogP contribution in [0.1, 0.15) is 10.4 Å². The van der Waals surface area contributed by atoms with Gasteiger partial charge in [0.2, 0.25) is 0 Å². The molecule has 1 aromatic carbocycles. The average Bonchev–Trinajstić information content (AvgIpc) is 2.84. The second-order valence-corrected chi connectivity index (χ2v) is 12.6. The lowest BCUT2D eigenvalue weighted by molar-refractivity contribution is 0.0826. The van der Waals surface area contributed by atoms with E-state index < -0.39 is 8.07 Å². The minimum atomic E-state index is -1.07. The molecular weight excluding hydrogens is 294 g/mol. The van der Waals surface area contributed by atoms with E-state index in [1.165, 1.54) is 0 Å². The van der Waals surface area contributed by atoms with E-state index in [1.807, 2.05) is 22.8 Å². The molecule has 0 saturated heterocycles. The van der Waals surface area contributed by atoms with Crippen LogP contribution in [0.2, 0.25) is 25.7 Å². The molecule has 0 atom stereocenters. The van der Waals surface area contributed by atoms with Crippen molar-refractivity contribution >= 4 is 25.0 Å². The van der Waals surface area contributed by atoms with Crippen molar-refractivity contribution in [1.82, 2.24) is 14.5 Å². The first-order valence-electron chi connectivity index (χ1n) is 7.52. The molecule has 0 saturated carbocycles. The number of ether oxygens (including phenoxy) is 1. The summed E-state index contributed by atoms with van der Waals surface area (Å²) in [7, 11) is 2.44. The number of fused-ring (bicyclic) bond motifs is 1. The Morgan fingerprint density at radius 2 is 2.05 bits per heavy atom. The Kier molecular flexibility index (Phi) is 5.03. The zero-order chi connectivity index (χ0) is 16.3. The number of hydrogen-bond donors (Lipinski definition) is 0. The molecular formula is C16H25N3O2Si. The van der Waals surface area contributed by atoms with Crippen molar-refractivity contribution < 1.29 is 9.53 Å². The Morgan fingerprint density at radius 3 is 2.68 bits per heavy atom. The molecule has 1 heterocycles. The summed E-state index contributed by atoms with van der Waals surface area (Å²) in [4.78, 5) is 18.0. The third-order valence-corrected chi connectivity index (χ3v) is 5.21. The van der Waals surface area contributed by atoms with E-state index in [0.29, 0.717) is 12.3 Å². The molecule has 0 aliphatic heterocycles. The molecule has 22 heavy (non-hydrogen) atoms. The monoisotopic (exact) mass is 319 g/mol. The third kappa shape index (κ3) is 4.17. The molecule has 1 amide bonds. The van der Waals surface area contributed by atoms with Crippen LogP contribution in [0.4, 0.5) is 0 Å². The lowest BCUT2D eigenvalue weighted by Crippen LogP contribution is -2.22. The summed E-state index contributed by atoms with van der Waals surface area (Å²) in [5, 5.41) is 0. The summed E-state index contributed by atoms with van der Waals surface area (Å²) in [5.74, 6) is -0.00528. The first-order chi connectivity index (χ1) is 10.3. The Morgan fingerprint density at radius 1 is 1.32 bits per heavy atom. The summed E-state index contributed by atoms with van der Waals surface area (Å²) in [6.07, 6.45) is 1.77. The Hall–Kier alpha value is -1.66. The van der Waals surface area contributed by atoms with Crippen LogP contribution in [0.15, 0.2) is 24.5 Å². The SMILES string of the molecule is CN(C)C(=O)c1ccc2ncn(COCC[Si](C)(C)C)c2c1. The number of aromatic nitrogens is 2. The minimum absolute atomic E-state index is 0.00528. The van der Waals surface area contributed by atoms with Gasteiger partial charge in [0, 0.05) is 34.3 Å². The Bertz CT molecular complexity index is 659. The fourth-order valence-corrected chi connectivity index (χ4v) is 2.85. The molecule has 1 aromatic heterocycles. The van der Waals surface area contributed by atoms with E-state index in [1.54, 1.807) is 25.3 Å². The molecule has 6 heteroatoms. The van der Waals surface area contributed by atoms with Crippen molar-refractivity contribution in [3.63, 3.8) is 0 Å². The van der Waals surface area contributed by atoms with E-state index in [2.05, 4.69) is 24.6 Å². The smallest absolute Gasteiger partial charge is 0.253 e. The van der Waals surface area contributed by atoms with Crippen molar-refractivity contribution in [3.05, 3.63) is 30.1 Å². The molecule has 0 aliphatic rings. The number of nitrogens with zero attached hydrogens (tertiary/aromatic N) is 3. The lowest BCUT2D eigenvalue weighted by atomic mass is 10.2. The molecule has 0 unspecified atom stereocenters. The normalized spacial score (nSPS) is 11.9. The predicted octanol–water partition coefficient (Wildman–Crippen LogP) is 3.05. The van der Waals surface area contributed by atoms with Crippen LogP contribution in [-0.2, 0) is 11.5 Å². The number of rotatable bonds is 6. The summed E-state index contributed by atoms with van der Waals surface area (Å²) >= 11 is 0. The van der Waals surface area contributed by atoms with Gasteiger partial charge in [-0.2, -0.15) is 0 Å². The highest BCUT2D eigenvalue weighted by molar-refractivity contribution is 6.76. The minimum Gasteiger partial charge on any atom is -0.361 e. The van der Waals surface area contributed by atoms with Gasteiger partial charge in [-0.25, -0.2) is 4.98 Å². The maximum atomic E-state index is 12.1. The highest BCUT2D eigenvalue weighted by Gasteiger charge is 2.13. The van der Waals surface area contributed by atoms with E-state index in [9.17, 15) is 4.79 Å². The number of benzene rings is 1. The van der Waals surface area contributed by atoms with Gasteiger partial charge in [0.25, 0.3) is 5.91 Å². The first-order valence-corrected chi connectivity index (χ1v) is 11.2. The van der Waals surface area contributed by atoms with Crippen LogP contribution >= 0.6 is 0 Å². The Balaban J connectivity index is 2.10. The lowest BCUT2D eigenvalue weighted by Gasteiger charge is -2.15. The summed E-state index contributed by atoms with van der Waals surface area (Å²) in [5.41, 5.74) is 2.48. The summed E-state index contributed by atoms with van der Waals surface area (Å²) < 4.78 is 7.72. The van der Waals surface area contributed by atoms with Gasteiger partial charge in [-0.15, -0.1) is 0 Å². The van der Waals surface area contributed by atoms with Gasteiger partial charge < -0.3 is 14.2 Å². The fourth-order valence-electron chi connectivity index (χ4n) is 2.09. The van der Waals surface area contributed by atoms with Gasteiger partial charge in [0.1, 0.15) is 6.73 Å². The second-order valence-electron chi connectivity index (χ2n) is 6.97. The van der Waals surface area contributed by atoms with E-state index in [4.69, 9.17) is 4.74 Å². The summed E-state index contributed by atoms with van der Waals surface area (Å²) in [6, 6.07) is 6.72. The molecule has 0 N–H and O–H groups in total. The van der Waals surface area contributed by atoms with Gasteiger partial charge in [-0.3, -0.25) is 4.79 Å². The van der Waals surface area contributed by atoms with Gasteiger partial charge in [-0.05, 0) is 24.2 Å². The maximum absolute atomic E-state index is 12.1. The standard InChI is InChI=1S/C16H25N3O2Si/c1-18(2)16(20)13-6-7-14-15(10-13)19(11-17-14)12-21-8-9-22(3,4)5/h6-7,10-11H,8-9,12H2,1-5H3. The molecule has 2 rings (SSSR count). The predicted molar refractivity (Wildman–Crippen MR) is 91.9 cm³/mol. The van der Waals surface area contributed by atoms with Crippen molar-refractivity contribution in [2.24, 2.45) is 0 Å². The van der Waals surface area contributed by atoms with Gasteiger partial charge in [0.15, 0.2) is 0 Å². The largest absolute Gasteiger partial charge is 0.361 e. The topological polar surface area (TPSA) is 47.4 Å². The van der Waals surface area contributed by atoms with Crippen LogP contribution in [0.3, 0.4) is 0 Å². The van der Waals surface area contributed by atoms with Crippen molar-refractivity contribution in [1.29, 1.82) is 0 Å². The number of carbonyl (C=O) groups is 1. The molecule has 2 aromatic rings. The van der Waals surface area contributed by atoms with E-state index >= 15 is 0 Å². The summed E-state index contributed by atoms with van der Waals surface area (Å²) in [6.45, 7) is 8.25. The highest BCUT2D eigenvalue weighted by Crippen LogP contribution is 2.16. The van der Waals surface area contributed by atoms with Crippen LogP contribution in [0.5, 0.6) is 0 Å². The third-order valence-electron chi connectivity index (χ3n) is 3.50. The van der Waals surface area contributed by atoms with Crippen LogP contribution in [-0.4, -0.2) is 49.1 Å². The molecule has 0 fully saturated rings. The maximum Gasteiger partial charge on any atom is 0.253 e. The molecule has 120 valence electrons. The first kappa shape index (κ1) is 16.7. The van der Waals surface area contributed by atoms with E-state index in [0.717, 1.165) is 23.7 Å². The molecule has 0 aliphatic carbocycles. The quantitative estimate of drug-likeness (QED) is 0.607. The fraction of sp³-hybridized carbons (Fsp3) is 0.500. The van der Waals surface area contributed by atoms with Gasteiger partial charge in [0.05, 0.1) is 17.4 Å². The Labute approximate surface area is 132 Å². The average molecular weight is 319 g/mol. The molecule has 5 nitrogen and oxygen atoms in total. The van der Waals surface area contributed by atoms with Crippen molar-refractivity contribution in [3.8, 4) is 0 Å². The van der Waals surface area contributed by atoms with Crippen LogP contribution < -0.4 is 0 Å². The molecule has 0 spiro atoms. The molecule has 0 radical (unpaired) electrons. The second kappa shape index (κ2) is 6.62. The van der Waals surface area contributed by atoms with Gasteiger partial charge >= 0.3 is 0 Å². The van der Waals surface area contributed by atoms with Crippen molar-refractivity contribution in [2.75, 3.05) is 20.7 Å². The van der Waals surface area contributed by atoms with Crippen LogP contribution in [0.25, 0.3) is 11.0 Å². The van der Waals surface area contributed by atoms with Crippen LogP contribution in [0, 0.1) is 0 Å². The number of hydrogen-bond acceptors (Lipinski definition) is 3. The van der Waals surface area contributed by atoms with E-state index in [-0.39, 0.29) is 5.91 Å². The number of imidazole rings is 1. The zero-order valence-electron chi connectivity index (χ0n) is 14.1. The highest BCUT2D eigenvalue weighted by atomic mass is 28.3. The molecule has 0 bridgehead atoms. The van der Waals surface area contributed by atoms with Crippen molar-refractivity contribution in [2.45, 2.75) is 32.4 Å². The number of amides is 1. The van der Waals surface area contributed by atoms with Gasteiger partial charge in [-0.1, -0.05) is 19.6 Å².